The number of aromatic nitrogens is 2. The largest absolute Gasteiger partial charge is 0.497 e. The van der Waals surface area contributed by atoms with E-state index in [-0.39, 0.29) is 42.9 Å². The fraction of sp³-hybridized carbons (Fsp3) is 0.636. The second-order valence-corrected chi connectivity index (χ2v) is 13.8. The topological polar surface area (TPSA) is 134 Å². The van der Waals surface area contributed by atoms with E-state index < -0.39 is 40.3 Å². The van der Waals surface area contributed by atoms with Crippen molar-refractivity contribution >= 4 is 23.5 Å². The first-order valence-electron chi connectivity index (χ1n) is 16.2. The monoisotopic (exact) mass is 644 g/mol. The first-order chi connectivity index (χ1) is 22.0. The molecule has 13 heteroatoms. The Hall–Kier alpha value is -3.45. The van der Waals surface area contributed by atoms with Gasteiger partial charge in [0.25, 0.3) is 5.91 Å². The van der Waals surface area contributed by atoms with Gasteiger partial charge in [0.2, 0.25) is 5.95 Å². The lowest BCUT2D eigenvalue weighted by molar-refractivity contribution is -0.163. The first-order valence-corrected chi connectivity index (χ1v) is 16.2. The molecule has 1 spiro atoms. The van der Waals surface area contributed by atoms with Gasteiger partial charge in [0, 0.05) is 37.5 Å². The van der Waals surface area contributed by atoms with Gasteiger partial charge in [-0.15, -0.1) is 0 Å². The number of alkyl halides is 3. The highest BCUT2D eigenvalue weighted by Gasteiger charge is 2.62. The third kappa shape index (κ3) is 4.92. The van der Waals surface area contributed by atoms with Gasteiger partial charge in [-0.3, -0.25) is 4.79 Å². The highest BCUT2D eigenvalue weighted by atomic mass is 19.4. The number of anilines is 2. The minimum absolute atomic E-state index is 0.0573. The maximum atomic E-state index is 15.0. The second-order valence-electron chi connectivity index (χ2n) is 13.8. The number of carbonyl (C=O) groups is 2. The van der Waals surface area contributed by atoms with Crippen LogP contribution in [0.4, 0.5) is 24.8 Å². The molecule has 46 heavy (non-hydrogen) atoms. The predicted octanol–water partition coefficient (Wildman–Crippen LogP) is 4.64. The number of rotatable bonds is 8. The maximum Gasteiger partial charge on any atom is 0.434 e. The van der Waals surface area contributed by atoms with E-state index in [1.165, 1.54) is 0 Å². The van der Waals surface area contributed by atoms with E-state index >= 15 is 0 Å². The lowest BCUT2D eigenvalue weighted by atomic mass is 9.48. The second kappa shape index (κ2) is 11.4. The van der Waals surface area contributed by atoms with E-state index in [1.54, 1.807) is 24.1 Å². The molecule has 0 atom stereocenters. The van der Waals surface area contributed by atoms with E-state index in [0.29, 0.717) is 81.6 Å². The van der Waals surface area contributed by atoms with Crippen LogP contribution in [0, 0.1) is 23.7 Å². The molecule has 4 bridgehead atoms. The molecule has 4 aliphatic carbocycles. The number of aliphatic hydroxyl groups excluding tert-OH is 1. The maximum absolute atomic E-state index is 15.0. The van der Waals surface area contributed by atoms with Crippen LogP contribution in [-0.2, 0) is 27.5 Å². The summed E-state index contributed by atoms with van der Waals surface area (Å²) in [6.45, 7) is 0.974. The Morgan fingerprint density at radius 2 is 1.76 bits per heavy atom. The van der Waals surface area contributed by atoms with Crippen LogP contribution in [-0.4, -0.2) is 71.1 Å². The Labute approximate surface area is 264 Å². The average molecular weight is 645 g/mol. The zero-order valence-corrected chi connectivity index (χ0v) is 25.7. The van der Waals surface area contributed by atoms with Crippen molar-refractivity contribution in [1.82, 2.24) is 15.3 Å². The van der Waals surface area contributed by atoms with Crippen LogP contribution in [0.25, 0.3) is 0 Å². The van der Waals surface area contributed by atoms with Gasteiger partial charge < -0.3 is 29.9 Å². The lowest BCUT2D eigenvalue weighted by Crippen LogP contribution is -2.70. The normalized spacial score (nSPS) is 29.2. The number of fused-ring (bicyclic) bond motifs is 2. The molecule has 3 N–H and O–H groups in total. The van der Waals surface area contributed by atoms with Gasteiger partial charge in [0.15, 0.2) is 5.69 Å². The zero-order valence-electron chi connectivity index (χ0n) is 25.7. The summed E-state index contributed by atoms with van der Waals surface area (Å²) in [5.74, 6) is -1.86. The minimum Gasteiger partial charge on any atom is -0.497 e. The number of benzene rings is 1. The molecule has 8 rings (SSSR count). The zero-order chi connectivity index (χ0) is 32.4. The van der Waals surface area contributed by atoms with E-state index in [1.807, 2.05) is 6.07 Å². The van der Waals surface area contributed by atoms with E-state index in [9.17, 15) is 33.0 Å². The van der Waals surface area contributed by atoms with Gasteiger partial charge in [-0.2, -0.15) is 13.2 Å². The summed E-state index contributed by atoms with van der Waals surface area (Å²) in [7, 11) is 1.55. The van der Waals surface area contributed by atoms with Gasteiger partial charge >= 0.3 is 12.1 Å². The average Bonchev–Trinajstić information content (AvgIpc) is 3.33. The van der Waals surface area contributed by atoms with E-state index in [2.05, 4.69) is 15.3 Å². The Kier molecular flexibility index (Phi) is 7.70. The van der Waals surface area contributed by atoms with Crippen LogP contribution >= 0.6 is 0 Å². The Balaban J connectivity index is 1.32. The SMILES string of the molecule is COc1ccc2c(c1)C1(CCOCC1)CN2c1nc(CCCO)c(C(=O)NC2(C(=O)O)C3CC4CC(C3)CC2C4)c(C(F)(F)F)n1. The molecule has 3 heterocycles. The summed E-state index contributed by atoms with van der Waals surface area (Å²) in [5, 5.41) is 22.9. The minimum atomic E-state index is -5.04. The number of methoxy groups -OCH3 is 1. The van der Waals surface area contributed by atoms with Crippen molar-refractivity contribution in [1.29, 1.82) is 0 Å². The predicted molar refractivity (Wildman–Crippen MR) is 159 cm³/mol. The number of carbonyl (C=O) groups excluding carboxylic acids is 1. The Morgan fingerprint density at radius 3 is 2.35 bits per heavy atom. The van der Waals surface area contributed by atoms with Gasteiger partial charge in [0.1, 0.15) is 11.3 Å². The van der Waals surface area contributed by atoms with E-state index in [0.717, 1.165) is 12.0 Å². The van der Waals surface area contributed by atoms with Crippen molar-refractivity contribution in [2.45, 2.75) is 74.9 Å². The first kappa shape index (κ1) is 31.2. The number of carboxylic acid groups (broad SMARTS) is 1. The number of nitrogens with one attached hydrogen (secondary N) is 1. The highest BCUT2D eigenvalue weighted by molar-refractivity contribution is 6.00. The quantitative estimate of drug-likeness (QED) is 0.376. The Bertz CT molecular complexity index is 1510. The summed E-state index contributed by atoms with van der Waals surface area (Å²) in [4.78, 5) is 37.3. The summed E-state index contributed by atoms with van der Waals surface area (Å²) < 4.78 is 55.9. The van der Waals surface area contributed by atoms with Crippen molar-refractivity contribution in [3.8, 4) is 5.75 Å². The lowest BCUT2D eigenvalue weighted by Gasteiger charge is -2.59. The van der Waals surface area contributed by atoms with Crippen LogP contribution in [0.2, 0.25) is 0 Å². The molecule has 2 aliphatic heterocycles. The summed E-state index contributed by atoms with van der Waals surface area (Å²) in [6, 6.07) is 5.42. The number of aryl methyl sites for hydroxylation is 1. The molecule has 1 aromatic heterocycles. The smallest absolute Gasteiger partial charge is 0.434 e. The van der Waals surface area contributed by atoms with Crippen molar-refractivity contribution in [3.63, 3.8) is 0 Å². The van der Waals surface area contributed by atoms with Crippen LogP contribution in [0.1, 0.15) is 78.7 Å². The molecular formula is C33H39F3N4O6. The number of aliphatic carboxylic acids is 1. The Morgan fingerprint density at radius 1 is 1.09 bits per heavy atom. The number of ether oxygens (including phenoxy) is 2. The summed E-state index contributed by atoms with van der Waals surface area (Å²) >= 11 is 0. The van der Waals surface area contributed by atoms with Gasteiger partial charge in [-0.05, 0) is 105 Å². The van der Waals surface area contributed by atoms with Crippen LogP contribution in [0.15, 0.2) is 18.2 Å². The summed E-state index contributed by atoms with van der Waals surface area (Å²) in [5.41, 5.74) is -2.85. The fourth-order valence-electron chi connectivity index (χ4n) is 9.41. The van der Waals surface area contributed by atoms with Crippen LogP contribution in [0.5, 0.6) is 5.75 Å². The molecule has 0 unspecified atom stereocenters. The van der Waals surface area contributed by atoms with Crippen molar-refractivity contribution in [2.24, 2.45) is 23.7 Å². The number of hydrogen-bond acceptors (Lipinski definition) is 8. The number of halogens is 3. The van der Waals surface area contributed by atoms with Gasteiger partial charge in [-0.25, -0.2) is 14.8 Å². The third-order valence-electron chi connectivity index (χ3n) is 11.4. The molecule has 1 saturated heterocycles. The highest BCUT2D eigenvalue weighted by Crippen LogP contribution is 2.58. The number of hydrogen-bond donors (Lipinski definition) is 3. The molecule has 0 radical (unpaired) electrons. The van der Waals surface area contributed by atoms with E-state index in [4.69, 9.17) is 9.47 Å². The molecular weight excluding hydrogens is 605 g/mol. The molecule has 6 aliphatic rings. The molecule has 5 fully saturated rings. The van der Waals surface area contributed by atoms with Crippen molar-refractivity contribution in [3.05, 3.63) is 40.7 Å². The summed E-state index contributed by atoms with van der Waals surface area (Å²) in [6.07, 6.45) is -0.263. The molecule has 1 aromatic carbocycles. The fourth-order valence-corrected chi connectivity index (χ4v) is 9.41. The van der Waals surface area contributed by atoms with Crippen LogP contribution < -0.4 is 15.0 Å². The number of amides is 1. The van der Waals surface area contributed by atoms with Gasteiger partial charge in [0.05, 0.1) is 18.4 Å². The van der Waals surface area contributed by atoms with Gasteiger partial charge in [-0.1, -0.05) is 0 Å². The molecule has 1 amide bonds. The van der Waals surface area contributed by atoms with Crippen molar-refractivity contribution in [2.75, 3.05) is 38.4 Å². The molecule has 4 saturated carbocycles. The standard InChI is InChI=1S/C33H39F3N4O6/c1-45-22-4-5-25-23(16-22)31(6-9-46-10-7-31)17-40(25)30-37-24(3-2-8-41)26(27(38-30)33(34,35)36)28(42)39-32(29(43)44)20-12-18-11-19(14-20)15-21(32)13-18/h4-5,16,18-21,41H,2-3,6-15,17H2,1H3,(H,39,42)(H,43,44). The number of nitrogens with zero attached hydrogens (tertiary/aromatic N) is 3. The number of aliphatic hydroxyl groups is 1. The molecule has 2 aromatic rings. The van der Waals surface area contributed by atoms with Crippen LogP contribution in [0.3, 0.4) is 0 Å². The third-order valence-corrected chi connectivity index (χ3v) is 11.4. The molecule has 248 valence electrons. The molecule has 10 nitrogen and oxygen atoms in total. The number of carboxylic acids is 1. The van der Waals surface area contributed by atoms with Crippen molar-refractivity contribution < 1.29 is 42.4 Å².